The number of nitrogens with zero attached hydrogens (tertiary/aromatic N) is 1. The Bertz CT molecular complexity index is 700. The number of methoxy groups -OCH3 is 1. The van der Waals surface area contributed by atoms with Crippen LogP contribution in [-0.2, 0) is 25.7 Å². The topological polar surface area (TPSA) is 102 Å². The number of carbonyl (C=O) groups is 4. The van der Waals surface area contributed by atoms with E-state index in [2.05, 4.69) is 10.1 Å². The van der Waals surface area contributed by atoms with Crippen LogP contribution in [0.3, 0.4) is 0 Å². The van der Waals surface area contributed by atoms with Crippen LogP contribution in [0.4, 0.5) is 4.79 Å². The molecule has 0 aromatic heterocycles. The molecule has 1 aliphatic rings. The third-order valence-electron chi connectivity index (χ3n) is 4.11. The summed E-state index contributed by atoms with van der Waals surface area (Å²) in [6, 6.07) is 5.76. The Balaban J connectivity index is 1.90. The number of amides is 3. The van der Waals surface area contributed by atoms with Gasteiger partial charge in [-0.2, -0.15) is 0 Å². The fraction of sp³-hybridized carbons (Fsp3) is 0.412. The third-order valence-corrected chi connectivity index (χ3v) is 4.11. The molecule has 0 radical (unpaired) electrons. The van der Waals surface area contributed by atoms with E-state index in [1.807, 2.05) is 0 Å². The van der Waals surface area contributed by atoms with Crippen LogP contribution in [0.5, 0.6) is 0 Å². The molecule has 1 aliphatic heterocycles. The van der Waals surface area contributed by atoms with Gasteiger partial charge in [0.05, 0.1) is 12.7 Å². The normalized spacial score (nSPS) is 19.6. The molecule has 1 fully saturated rings. The van der Waals surface area contributed by atoms with Crippen molar-refractivity contribution in [2.45, 2.75) is 32.4 Å². The second-order valence-corrected chi connectivity index (χ2v) is 5.86. The van der Waals surface area contributed by atoms with E-state index in [0.29, 0.717) is 17.5 Å². The van der Waals surface area contributed by atoms with Crippen molar-refractivity contribution < 1.29 is 28.7 Å². The first-order valence-corrected chi connectivity index (χ1v) is 7.77. The highest BCUT2D eigenvalue weighted by Crippen LogP contribution is 2.20. The van der Waals surface area contributed by atoms with Crippen LogP contribution < -0.4 is 5.32 Å². The second-order valence-electron chi connectivity index (χ2n) is 5.86. The molecule has 8 heteroatoms. The SMILES string of the molecule is CC[C@@]1(C)NC(=O)N(CC(=O)OCc2ccc(C(=O)OC)cc2)C1=O. The Morgan fingerprint density at radius 3 is 2.36 bits per heavy atom. The molecule has 3 amide bonds. The van der Waals surface area contributed by atoms with Crippen molar-refractivity contribution in [3.8, 4) is 0 Å². The zero-order valence-electron chi connectivity index (χ0n) is 14.3. The maximum Gasteiger partial charge on any atom is 0.337 e. The summed E-state index contributed by atoms with van der Waals surface area (Å²) in [6.07, 6.45) is 0.426. The van der Waals surface area contributed by atoms with Crippen LogP contribution in [0.1, 0.15) is 36.2 Å². The minimum atomic E-state index is -0.985. The van der Waals surface area contributed by atoms with E-state index in [1.165, 1.54) is 7.11 Å². The lowest BCUT2D eigenvalue weighted by Gasteiger charge is -2.18. The van der Waals surface area contributed by atoms with Gasteiger partial charge in [-0.25, -0.2) is 9.59 Å². The smallest absolute Gasteiger partial charge is 0.337 e. The minimum Gasteiger partial charge on any atom is -0.465 e. The van der Waals surface area contributed by atoms with Crippen LogP contribution in [0.2, 0.25) is 0 Å². The highest BCUT2D eigenvalue weighted by Gasteiger charge is 2.47. The van der Waals surface area contributed by atoms with E-state index in [9.17, 15) is 19.2 Å². The van der Waals surface area contributed by atoms with E-state index in [4.69, 9.17) is 4.74 Å². The zero-order chi connectivity index (χ0) is 18.6. The van der Waals surface area contributed by atoms with Crippen LogP contribution in [0.25, 0.3) is 0 Å². The van der Waals surface area contributed by atoms with E-state index in [0.717, 1.165) is 4.90 Å². The van der Waals surface area contributed by atoms with Gasteiger partial charge >= 0.3 is 18.0 Å². The minimum absolute atomic E-state index is 0.0328. The summed E-state index contributed by atoms with van der Waals surface area (Å²) in [7, 11) is 1.29. The molecule has 0 aliphatic carbocycles. The zero-order valence-corrected chi connectivity index (χ0v) is 14.3. The Morgan fingerprint density at radius 2 is 1.84 bits per heavy atom. The number of imide groups is 1. The van der Waals surface area contributed by atoms with Crippen molar-refractivity contribution in [3.05, 3.63) is 35.4 Å². The van der Waals surface area contributed by atoms with Gasteiger partial charge in [0.25, 0.3) is 5.91 Å². The number of carbonyl (C=O) groups excluding carboxylic acids is 4. The first-order valence-electron chi connectivity index (χ1n) is 7.77. The van der Waals surface area contributed by atoms with Gasteiger partial charge in [0.1, 0.15) is 18.7 Å². The molecule has 1 heterocycles. The average Bonchev–Trinajstić information content (AvgIpc) is 2.83. The number of ether oxygens (including phenoxy) is 2. The van der Waals surface area contributed by atoms with E-state index in [1.54, 1.807) is 38.1 Å². The molecular formula is C17H20N2O6. The summed E-state index contributed by atoms with van der Waals surface area (Å²) in [6.45, 7) is 2.91. The van der Waals surface area contributed by atoms with Crippen molar-refractivity contribution in [2.75, 3.05) is 13.7 Å². The standard InChI is InChI=1S/C17H20N2O6/c1-4-17(2)15(22)19(16(23)18-17)9-13(20)25-10-11-5-7-12(8-6-11)14(21)24-3/h5-8H,4,9-10H2,1-3H3,(H,18,23)/t17-/m1/s1. The van der Waals surface area contributed by atoms with Crippen molar-refractivity contribution in [1.82, 2.24) is 10.2 Å². The molecule has 2 rings (SSSR count). The molecule has 1 saturated heterocycles. The van der Waals surface area contributed by atoms with Crippen molar-refractivity contribution in [2.24, 2.45) is 0 Å². The number of esters is 2. The largest absolute Gasteiger partial charge is 0.465 e. The lowest BCUT2D eigenvalue weighted by atomic mass is 9.99. The van der Waals surface area contributed by atoms with Gasteiger partial charge in [-0.15, -0.1) is 0 Å². The first-order chi connectivity index (χ1) is 11.8. The molecule has 1 atom stereocenters. The first kappa shape index (κ1) is 18.4. The van der Waals surface area contributed by atoms with Gasteiger partial charge in [0.2, 0.25) is 0 Å². The number of urea groups is 1. The van der Waals surface area contributed by atoms with Crippen molar-refractivity contribution >= 4 is 23.9 Å². The molecule has 1 N–H and O–H groups in total. The molecule has 8 nitrogen and oxygen atoms in total. The molecule has 0 spiro atoms. The lowest BCUT2D eigenvalue weighted by Crippen LogP contribution is -2.43. The van der Waals surface area contributed by atoms with Crippen molar-refractivity contribution in [3.63, 3.8) is 0 Å². The van der Waals surface area contributed by atoms with Gasteiger partial charge in [0, 0.05) is 0 Å². The van der Waals surface area contributed by atoms with Crippen LogP contribution in [-0.4, -0.2) is 48.0 Å². The second kappa shape index (κ2) is 7.33. The molecule has 0 unspecified atom stereocenters. The predicted octanol–water partition coefficient (Wildman–Crippen LogP) is 1.24. The number of nitrogens with one attached hydrogen (secondary N) is 1. The lowest BCUT2D eigenvalue weighted by molar-refractivity contribution is -0.148. The molecule has 0 bridgehead atoms. The van der Waals surface area contributed by atoms with Gasteiger partial charge in [0.15, 0.2) is 0 Å². The summed E-state index contributed by atoms with van der Waals surface area (Å²) in [5.74, 6) is -1.60. The Hall–Kier alpha value is -2.90. The molecular weight excluding hydrogens is 328 g/mol. The average molecular weight is 348 g/mol. The molecule has 25 heavy (non-hydrogen) atoms. The summed E-state index contributed by atoms with van der Waals surface area (Å²) < 4.78 is 9.68. The van der Waals surface area contributed by atoms with Gasteiger partial charge in [-0.1, -0.05) is 19.1 Å². The van der Waals surface area contributed by atoms with E-state index < -0.39 is 36.0 Å². The van der Waals surface area contributed by atoms with Gasteiger partial charge in [-0.05, 0) is 31.0 Å². The van der Waals surface area contributed by atoms with Gasteiger partial charge in [-0.3, -0.25) is 14.5 Å². The Labute approximate surface area is 145 Å². The number of rotatable bonds is 6. The van der Waals surface area contributed by atoms with E-state index >= 15 is 0 Å². The maximum atomic E-state index is 12.2. The summed E-state index contributed by atoms with van der Waals surface area (Å²) >= 11 is 0. The van der Waals surface area contributed by atoms with Crippen LogP contribution in [0.15, 0.2) is 24.3 Å². The molecule has 1 aromatic rings. The Morgan fingerprint density at radius 1 is 1.20 bits per heavy atom. The fourth-order valence-corrected chi connectivity index (χ4v) is 2.32. The summed E-state index contributed by atoms with van der Waals surface area (Å²) in [5.41, 5.74) is 0.0634. The number of hydrogen-bond donors (Lipinski definition) is 1. The van der Waals surface area contributed by atoms with Gasteiger partial charge < -0.3 is 14.8 Å². The van der Waals surface area contributed by atoms with Crippen LogP contribution >= 0.6 is 0 Å². The predicted molar refractivity (Wildman–Crippen MR) is 86.5 cm³/mol. The molecule has 1 aromatic carbocycles. The summed E-state index contributed by atoms with van der Waals surface area (Å²) in [4.78, 5) is 48.1. The molecule has 0 saturated carbocycles. The highest BCUT2D eigenvalue weighted by atomic mass is 16.5. The van der Waals surface area contributed by atoms with Crippen LogP contribution in [0, 0.1) is 0 Å². The number of hydrogen-bond acceptors (Lipinski definition) is 6. The summed E-state index contributed by atoms with van der Waals surface area (Å²) in [5, 5.41) is 2.57. The number of benzene rings is 1. The van der Waals surface area contributed by atoms with E-state index in [-0.39, 0.29) is 6.61 Å². The van der Waals surface area contributed by atoms with Crippen molar-refractivity contribution in [1.29, 1.82) is 0 Å². The monoisotopic (exact) mass is 348 g/mol. The fourth-order valence-electron chi connectivity index (χ4n) is 2.32. The highest BCUT2D eigenvalue weighted by molar-refractivity contribution is 6.08. The quantitative estimate of drug-likeness (QED) is 0.613. The maximum absolute atomic E-state index is 12.2. The third kappa shape index (κ3) is 3.96. The Kier molecular flexibility index (Phi) is 5.41. The molecule has 134 valence electrons.